The second-order valence-electron chi connectivity index (χ2n) is 6.19. The van der Waals surface area contributed by atoms with Crippen molar-refractivity contribution in [3.8, 4) is 5.75 Å². The fourth-order valence-electron chi connectivity index (χ4n) is 2.88. The second-order valence-corrected chi connectivity index (χ2v) is 6.19. The molecule has 3 rings (SSSR count). The third kappa shape index (κ3) is 4.64. The standard InChI is InChI=1S/C21H24N2O3/c1-16(15-21(24)17-3-9-20(25-2)10-4-17)22-18-5-7-19(8-6-18)23-11-13-26-14-12-23/h3-10,15,22H,11-14H2,1-2H3. The molecule has 1 N–H and O–H groups in total. The second kappa shape index (κ2) is 8.54. The van der Waals surface area contributed by atoms with Crippen molar-refractivity contribution in [2.24, 2.45) is 0 Å². The fourth-order valence-corrected chi connectivity index (χ4v) is 2.88. The van der Waals surface area contributed by atoms with Gasteiger partial charge in [0, 0.05) is 41.8 Å². The maximum atomic E-state index is 12.3. The van der Waals surface area contributed by atoms with Gasteiger partial charge >= 0.3 is 0 Å². The van der Waals surface area contributed by atoms with Crippen LogP contribution in [-0.2, 0) is 4.74 Å². The smallest absolute Gasteiger partial charge is 0.187 e. The van der Waals surface area contributed by atoms with Crippen molar-refractivity contribution in [3.05, 3.63) is 65.9 Å². The number of ether oxygens (including phenoxy) is 2. The van der Waals surface area contributed by atoms with Crippen LogP contribution >= 0.6 is 0 Å². The normalized spacial score (nSPS) is 14.8. The number of rotatable bonds is 6. The fraction of sp³-hybridized carbons (Fsp3) is 0.286. The maximum absolute atomic E-state index is 12.3. The molecule has 5 heteroatoms. The van der Waals surface area contributed by atoms with E-state index < -0.39 is 0 Å². The molecule has 0 atom stereocenters. The Morgan fingerprint density at radius 1 is 1.08 bits per heavy atom. The third-order valence-electron chi connectivity index (χ3n) is 4.31. The molecule has 0 amide bonds. The zero-order valence-corrected chi connectivity index (χ0v) is 15.2. The van der Waals surface area contributed by atoms with Gasteiger partial charge in [-0.1, -0.05) is 0 Å². The highest BCUT2D eigenvalue weighted by molar-refractivity contribution is 6.05. The van der Waals surface area contributed by atoms with Gasteiger partial charge in [0.05, 0.1) is 20.3 Å². The van der Waals surface area contributed by atoms with E-state index in [0.29, 0.717) is 5.56 Å². The summed E-state index contributed by atoms with van der Waals surface area (Å²) in [6.45, 7) is 5.27. The first-order valence-corrected chi connectivity index (χ1v) is 8.72. The topological polar surface area (TPSA) is 50.8 Å². The Balaban J connectivity index is 1.61. The molecule has 1 heterocycles. The number of hydrogen-bond donors (Lipinski definition) is 1. The number of carbonyl (C=O) groups excluding carboxylic acids is 1. The minimum absolute atomic E-state index is 0.0393. The average Bonchev–Trinajstić information content (AvgIpc) is 2.69. The van der Waals surface area contributed by atoms with Crippen LogP contribution in [0, 0.1) is 0 Å². The molecule has 0 radical (unpaired) electrons. The Labute approximate surface area is 154 Å². The van der Waals surface area contributed by atoms with Crippen LogP contribution in [0.5, 0.6) is 5.75 Å². The Kier molecular flexibility index (Phi) is 5.92. The first kappa shape index (κ1) is 18.0. The summed E-state index contributed by atoms with van der Waals surface area (Å²) in [5.74, 6) is 0.698. The van der Waals surface area contributed by atoms with E-state index in [9.17, 15) is 4.79 Å². The molecule has 5 nitrogen and oxygen atoms in total. The van der Waals surface area contributed by atoms with E-state index in [-0.39, 0.29) is 5.78 Å². The quantitative estimate of drug-likeness (QED) is 0.634. The molecule has 1 saturated heterocycles. The first-order chi connectivity index (χ1) is 12.7. The van der Waals surface area contributed by atoms with E-state index >= 15 is 0 Å². The van der Waals surface area contributed by atoms with Gasteiger partial charge in [0.2, 0.25) is 0 Å². The van der Waals surface area contributed by atoms with Crippen LogP contribution in [0.3, 0.4) is 0 Å². The van der Waals surface area contributed by atoms with E-state index in [4.69, 9.17) is 9.47 Å². The molecule has 1 aliphatic rings. The molecule has 0 unspecified atom stereocenters. The molecule has 0 saturated carbocycles. The van der Waals surface area contributed by atoms with Crippen LogP contribution in [0.25, 0.3) is 0 Å². The van der Waals surface area contributed by atoms with Crippen molar-refractivity contribution >= 4 is 17.2 Å². The molecule has 2 aromatic rings. The predicted molar refractivity (Wildman–Crippen MR) is 104 cm³/mol. The summed E-state index contributed by atoms with van der Waals surface area (Å²) in [5.41, 5.74) is 3.58. The lowest BCUT2D eigenvalue weighted by molar-refractivity contribution is 0.104. The van der Waals surface area contributed by atoms with Crippen LogP contribution in [0.15, 0.2) is 60.3 Å². The number of anilines is 2. The van der Waals surface area contributed by atoms with Gasteiger partial charge in [-0.3, -0.25) is 4.79 Å². The third-order valence-corrected chi connectivity index (χ3v) is 4.31. The number of hydrogen-bond acceptors (Lipinski definition) is 5. The van der Waals surface area contributed by atoms with Gasteiger partial charge in [-0.2, -0.15) is 0 Å². The van der Waals surface area contributed by atoms with Crippen molar-refractivity contribution < 1.29 is 14.3 Å². The van der Waals surface area contributed by atoms with Crippen molar-refractivity contribution in [1.29, 1.82) is 0 Å². The highest BCUT2D eigenvalue weighted by atomic mass is 16.5. The monoisotopic (exact) mass is 352 g/mol. The Hall–Kier alpha value is -2.79. The van der Waals surface area contributed by atoms with Crippen molar-refractivity contribution in [1.82, 2.24) is 0 Å². The lowest BCUT2D eigenvalue weighted by atomic mass is 10.1. The van der Waals surface area contributed by atoms with Crippen LogP contribution in [-0.4, -0.2) is 39.2 Å². The van der Waals surface area contributed by atoms with Gasteiger partial charge in [0.15, 0.2) is 5.78 Å². The summed E-state index contributed by atoms with van der Waals surface area (Å²) in [7, 11) is 1.61. The van der Waals surface area contributed by atoms with Crippen molar-refractivity contribution in [2.45, 2.75) is 6.92 Å². The largest absolute Gasteiger partial charge is 0.497 e. The van der Waals surface area contributed by atoms with Crippen LogP contribution in [0.2, 0.25) is 0 Å². The zero-order chi connectivity index (χ0) is 18.4. The minimum Gasteiger partial charge on any atom is -0.497 e. The number of benzene rings is 2. The molecule has 1 aliphatic heterocycles. The molecule has 0 aromatic heterocycles. The molecular weight excluding hydrogens is 328 g/mol. The van der Waals surface area contributed by atoms with E-state index in [1.807, 2.05) is 19.1 Å². The number of nitrogens with one attached hydrogen (secondary N) is 1. The summed E-state index contributed by atoms with van der Waals surface area (Å²) < 4.78 is 10.5. The van der Waals surface area contributed by atoms with Gasteiger partial charge in [0.25, 0.3) is 0 Å². The number of methoxy groups -OCH3 is 1. The summed E-state index contributed by atoms with van der Waals surface area (Å²) in [4.78, 5) is 14.6. The highest BCUT2D eigenvalue weighted by Gasteiger charge is 2.10. The summed E-state index contributed by atoms with van der Waals surface area (Å²) >= 11 is 0. The summed E-state index contributed by atoms with van der Waals surface area (Å²) in [6.07, 6.45) is 1.61. The van der Waals surface area contributed by atoms with Crippen molar-refractivity contribution in [3.63, 3.8) is 0 Å². The number of carbonyl (C=O) groups is 1. The van der Waals surface area contributed by atoms with Crippen LogP contribution in [0.4, 0.5) is 11.4 Å². The summed E-state index contributed by atoms with van der Waals surface area (Å²) in [5, 5.41) is 3.27. The molecule has 1 fully saturated rings. The van der Waals surface area contributed by atoms with Crippen LogP contribution in [0.1, 0.15) is 17.3 Å². The van der Waals surface area contributed by atoms with E-state index in [0.717, 1.165) is 43.4 Å². The predicted octanol–water partition coefficient (Wildman–Crippen LogP) is 3.73. The van der Waals surface area contributed by atoms with Gasteiger partial charge in [0.1, 0.15) is 5.75 Å². The number of allylic oxidation sites excluding steroid dienone is 2. The van der Waals surface area contributed by atoms with E-state index in [2.05, 4.69) is 22.3 Å². The van der Waals surface area contributed by atoms with Gasteiger partial charge < -0.3 is 19.7 Å². The molecule has 0 aliphatic carbocycles. The molecule has 136 valence electrons. The molecule has 26 heavy (non-hydrogen) atoms. The first-order valence-electron chi connectivity index (χ1n) is 8.72. The van der Waals surface area contributed by atoms with E-state index in [1.165, 1.54) is 5.69 Å². The highest BCUT2D eigenvalue weighted by Crippen LogP contribution is 2.20. The van der Waals surface area contributed by atoms with Crippen molar-refractivity contribution in [2.75, 3.05) is 43.6 Å². The molecule has 2 aromatic carbocycles. The number of morpholine rings is 1. The Bertz CT molecular complexity index is 761. The SMILES string of the molecule is COc1ccc(C(=O)C=C(C)Nc2ccc(N3CCOCC3)cc2)cc1. The molecule has 0 spiro atoms. The minimum atomic E-state index is -0.0393. The van der Waals surface area contributed by atoms with Gasteiger partial charge in [-0.25, -0.2) is 0 Å². The van der Waals surface area contributed by atoms with Crippen LogP contribution < -0.4 is 15.0 Å². The lowest BCUT2D eigenvalue weighted by Gasteiger charge is -2.29. The van der Waals surface area contributed by atoms with E-state index in [1.54, 1.807) is 37.5 Å². The Morgan fingerprint density at radius 2 is 1.73 bits per heavy atom. The average molecular weight is 352 g/mol. The maximum Gasteiger partial charge on any atom is 0.187 e. The summed E-state index contributed by atoms with van der Waals surface area (Å²) in [6, 6.07) is 15.3. The number of nitrogens with zero attached hydrogens (tertiary/aromatic N) is 1. The number of ketones is 1. The zero-order valence-electron chi connectivity index (χ0n) is 15.2. The molecular formula is C21H24N2O3. The van der Waals surface area contributed by atoms with Gasteiger partial charge in [-0.05, 0) is 55.5 Å². The molecule has 0 bridgehead atoms. The Morgan fingerprint density at radius 3 is 2.35 bits per heavy atom. The van der Waals surface area contributed by atoms with Gasteiger partial charge in [-0.15, -0.1) is 0 Å². The lowest BCUT2D eigenvalue weighted by Crippen LogP contribution is -2.36.